The molecule has 0 aromatic heterocycles. The minimum Gasteiger partial charge on any atom is -0.368 e. The molecule has 3 heteroatoms. The first-order valence-corrected chi connectivity index (χ1v) is 5.91. The van der Waals surface area contributed by atoms with Gasteiger partial charge in [-0.1, -0.05) is 0 Å². The molecule has 0 amide bonds. The first-order valence-electron chi connectivity index (χ1n) is 4.49. The highest BCUT2D eigenvalue weighted by atomic mass is 35.5. The first-order chi connectivity index (χ1) is 5.64. The zero-order valence-electron chi connectivity index (χ0n) is 7.81. The van der Waals surface area contributed by atoms with Gasteiger partial charge >= 0.3 is 0 Å². The second kappa shape index (κ2) is 4.73. The van der Waals surface area contributed by atoms with Gasteiger partial charge in [0.2, 0.25) is 0 Å². The van der Waals surface area contributed by atoms with E-state index in [2.05, 4.69) is 13.8 Å². The van der Waals surface area contributed by atoms with Crippen molar-refractivity contribution in [1.82, 2.24) is 0 Å². The Morgan fingerprint density at radius 1 is 1.50 bits per heavy atom. The maximum Gasteiger partial charge on any atom is 0.103 e. The van der Waals surface area contributed by atoms with Crippen LogP contribution in [0.15, 0.2) is 0 Å². The number of ether oxygens (including phenoxy) is 1. The van der Waals surface area contributed by atoms with E-state index in [0.29, 0.717) is 11.3 Å². The molecule has 0 bridgehead atoms. The van der Waals surface area contributed by atoms with Crippen LogP contribution in [-0.2, 0) is 4.74 Å². The monoisotopic (exact) mass is 208 g/mol. The number of hydrogen-bond donors (Lipinski definition) is 0. The number of rotatable bonds is 3. The Morgan fingerprint density at radius 2 is 2.25 bits per heavy atom. The van der Waals surface area contributed by atoms with Crippen molar-refractivity contribution in [1.29, 1.82) is 0 Å². The van der Waals surface area contributed by atoms with Crippen LogP contribution in [0.5, 0.6) is 0 Å². The molecule has 0 N–H and O–H groups in total. The molecular formula is C9H17ClOS. The quantitative estimate of drug-likeness (QED) is 0.659. The molecule has 1 aliphatic heterocycles. The molecule has 1 heterocycles. The maximum absolute atomic E-state index is 5.84. The van der Waals surface area contributed by atoms with Crippen LogP contribution in [0.3, 0.4) is 0 Å². The first kappa shape index (κ1) is 10.7. The Balaban J connectivity index is 2.28. The van der Waals surface area contributed by atoms with Gasteiger partial charge in [0.25, 0.3) is 0 Å². The van der Waals surface area contributed by atoms with Crippen LogP contribution in [0.1, 0.15) is 33.1 Å². The largest absolute Gasteiger partial charge is 0.368 e. The standard InChI is InChI=1S/C9H17ClOS/c1-9(2,7-10)12-8-5-3-4-6-11-8/h8H,3-7H2,1-2H3. The summed E-state index contributed by atoms with van der Waals surface area (Å²) in [5.41, 5.74) is 0.382. The Hall–Kier alpha value is 0.600. The zero-order chi connectivity index (χ0) is 9.03. The molecule has 1 rings (SSSR count). The van der Waals surface area contributed by atoms with Crippen LogP contribution in [0, 0.1) is 0 Å². The van der Waals surface area contributed by atoms with Crippen molar-refractivity contribution in [2.45, 2.75) is 43.3 Å². The van der Waals surface area contributed by atoms with Crippen molar-refractivity contribution < 1.29 is 4.74 Å². The third-order valence-electron chi connectivity index (χ3n) is 1.91. The number of hydrogen-bond acceptors (Lipinski definition) is 2. The fourth-order valence-corrected chi connectivity index (χ4v) is 2.60. The molecule has 0 aromatic carbocycles. The van der Waals surface area contributed by atoms with Gasteiger partial charge in [0.15, 0.2) is 0 Å². The average molecular weight is 209 g/mol. The molecule has 1 fully saturated rings. The molecule has 1 aliphatic rings. The summed E-state index contributed by atoms with van der Waals surface area (Å²) in [7, 11) is 0. The SMILES string of the molecule is CC(C)(CCl)SC1CCCCO1. The highest BCUT2D eigenvalue weighted by molar-refractivity contribution is 8.01. The predicted molar refractivity (Wildman–Crippen MR) is 56.0 cm³/mol. The topological polar surface area (TPSA) is 9.23 Å². The van der Waals surface area contributed by atoms with Crippen LogP contribution in [0.4, 0.5) is 0 Å². The molecule has 72 valence electrons. The molecule has 1 nitrogen and oxygen atoms in total. The molecule has 0 aromatic rings. The second-order valence-corrected chi connectivity index (χ2v) is 5.94. The summed E-state index contributed by atoms with van der Waals surface area (Å²) < 4.78 is 5.78. The van der Waals surface area contributed by atoms with E-state index in [9.17, 15) is 0 Å². The Kier molecular flexibility index (Phi) is 4.21. The highest BCUT2D eigenvalue weighted by Crippen LogP contribution is 2.34. The van der Waals surface area contributed by atoms with Crippen molar-refractivity contribution in [3.8, 4) is 0 Å². The van der Waals surface area contributed by atoms with E-state index >= 15 is 0 Å². The van der Waals surface area contributed by atoms with Crippen molar-refractivity contribution >= 4 is 23.4 Å². The lowest BCUT2D eigenvalue weighted by Crippen LogP contribution is -2.25. The van der Waals surface area contributed by atoms with Crippen molar-refractivity contribution in [2.24, 2.45) is 0 Å². The van der Waals surface area contributed by atoms with E-state index in [1.807, 2.05) is 11.8 Å². The summed E-state index contributed by atoms with van der Waals surface area (Å²) in [6.07, 6.45) is 3.71. The molecule has 1 unspecified atom stereocenters. The van der Waals surface area contributed by atoms with E-state index < -0.39 is 0 Å². The summed E-state index contributed by atoms with van der Waals surface area (Å²) in [4.78, 5) is 0. The minimum atomic E-state index is 0.156. The smallest absolute Gasteiger partial charge is 0.103 e. The Bertz CT molecular complexity index is 132. The molecule has 0 aliphatic carbocycles. The summed E-state index contributed by atoms with van der Waals surface area (Å²) in [5.74, 6) is 0.692. The molecule has 12 heavy (non-hydrogen) atoms. The van der Waals surface area contributed by atoms with Crippen LogP contribution in [0.25, 0.3) is 0 Å². The van der Waals surface area contributed by atoms with Gasteiger partial charge in [-0.3, -0.25) is 0 Å². The van der Waals surface area contributed by atoms with E-state index in [4.69, 9.17) is 16.3 Å². The lowest BCUT2D eigenvalue weighted by Gasteiger charge is -2.29. The van der Waals surface area contributed by atoms with Crippen LogP contribution in [-0.4, -0.2) is 22.7 Å². The molecule has 1 atom stereocenters. The average Bonchev–Trinajstić information content (AvgIpc) is 2.06. The number of thioether (sulfide) groups is 1. The molecule has 1 saturated heterocycles. The van der Waals surface area contributed by atoms with E-state index in [0.717, 1.165) is 6.61 Å². The third kappa shape index (κ3) is 3.55. The van der Waals surface area contributed by atoms with Gasteiger partial charge in [-0.15, -0.1) is 23.4 Å². The van der Waals surface area contributed by atoms with Gasteiger partial charge < -0.3 is 4.74 Å². The second-order valence-electron chi connectivity index (χ2n) is 3.81. The molecule has 0 radical (unpaired) electrons. The fourth-order valence-electron chi connectivity index (χ4n) is 1.19. The van der Waals surface area contributed by atoms with Crippen molar-refractivity contribution in [3.63, 3.8) is 0 Å². The van der Waals surface area contributed by atoms with Gasteiger partial charge in [-0.05, 0) is 33.1 Å². The summed E-state index contributed by atoms with van der Waals surface area (Å²) in [5, 5.41) is 0. The predicted octanol–water partition coefficient (Wildman–Crippen LogP) is 3.26. The van der Waals surface area contributed by atoms with Gasteiger partial charge in [0.1, 0.15) is 5.44 Å². The molecule has 0 spiro atoms. The van der Waals surface area contributed by atoms with E-state index in [1.54, 1.807) is 0 Å². The van der Waals surface area contributed by atoms with Crippen molar-refractivity contribution in [2.75, 3.05) is 12.5 Å². The maximum atomic E-state index is 5.84. The number of halogens is 1. The molecular weight excluding hydrogens is 192 g/mol. The normalized spacial score (nSPS) is 25.8. The lowest BCUT2D eigenvalue weighted by atomic mass is 10.2. The van der Waals surface area contributed by atoms with Crippen molar-refractivity contribution in [3.05, 3.63) is 0 Å². The lowest BCUT2D eigenvalue weighted by molar-refractivity contribution is 0.0721. The Morgan fingerprint density at radius 3 is 2.75 bits per heavy atom. The molecule has 0 saturated carbocycles. The highest BCUT2D eigenvalue weighted by Gasteiger charge is 2.24. The fraction of sp³-hybridized carbons (Fsp3) is 1.00. The van der Waals surface area contributed by atoms with E-state index in [1.165, 1.54) is 19.3 Å². The van der Waals surface area contributed by atoms with Gasteiger partial charge in [0.05, 0.1) is 0 Å². The van der Waals surface area contributed by atoms with E-state index in [-0.39, 0.29) is 4.75 Å². The van der Waals surface area contributed by atoms with Gasteiger partial charge in [-0.2, -0.15) is 0 Å². The summed E-state index contributed by atoms with van der Waals surface area (Å²) >= 11 is 7.70. The summed E-state index contributed by atoms with van der Waals surface area (Å²) in [6.45, 7) is 5.27. The van der Waals surface area contributed by atoms with Crippen LogP contribution < -0.4 is 0 Å². The third-order valence-corrected chi connectivity index (χ3v) is 4.15. The zero-order valence-corrected chi connectivity index (χ0v) is 9.38. The number of alkyl halides is 1. The summed E-state index contributed by atoms with van der Waals surface area (Å²) in [6, 6.07) is 0. The van der Waals surface area contributed by atoms with Gasteiger partial charge in [0, 0.05) is 17.2 Å². The minimum absolute atomic E-state index is 0.156. The van der Waals surface area contributed by atoms with Crippen LogP contribution >= 0.6 is 23.4 Å². The van der Waals surface area contributed by atoms with Crippen LogP contribution in [0.2, 0.25) is 0 Å². The van der Waals surface area contributed by atoms with Gasteiger partial charge in [-0.25, -0.2) is 0 Å². The Labute approximate surface area is 84.2 Å².